The minimum atomic E-state index is -4.24. The van der Waals surface area contributed by atoms with Crippen LogP contribution in [0.4, 0.5) is 10.2 Å². The Morgan fingerprint density at radius 3 is 2.81 bits per heavy atom. The number of halogens is 1. The van der Waals surface area contributed by atoms with Gasteiger partial charge in [0.25, 0.3) is 0 Å². The van der Waals surface area contributed by atoms with Crippen LogP contribution in [0.2, 0.25) is 0 Å². The van der Waals surface area contributed by atoms with Crippen LogP contribution in [0.5, 0.6) is 5.75 Å². The van der Waals surface area contributed by atoms with E-state index in [4.69, 9.17) is 24.3 Å². The minimum absolute atomic E-state index is 0.0843. The van der Waals surface area contributed by atoms with Crippen molar-refractivity contribution >= 4 is 25.2 Å². The number of nitrogen functional groups attached to an aromatic ring is 1. The van der Waals surface area contributed by atoms with Gasteiger partial charge in [0.2, 0.25) is 0 Å². The quantitative estimate of drug-likeness (QED) is 0.253. The van der Waals surface area contributed by atoms with Crippen molar-refractivity contribution in [3.05, 3.63) is 48.5 Å². The third kappa shape index (κ3) is 5.58. The largest absolute Gasteiger partial charge is 0.465 e. The maximum Gasteiger partial charge on any atom is 0.459 e. The third-order valence-corrected chi connectivity index (χ3v) is 7.39. The molecule has 4 rings (SSSR count). The number of para-hydroxylation sites is 1. The Labute approximate surface area is 211 Å². The fourth-order valence-corrected chi connectivity index (χ4v) is 5.36. The molecule has 0 spiro atoms. The molecule has 1 aromatic carbocycles. The molecule has 1 saturated heterocycles. The molecule has 1 aliphatic rings. The van der Waals surface area contributed by atoms with Crippen LogP contribution in [0.25, 0.3) is 5.65 Å². The van der Waals surface area contributed by atoms with Crippen LogP contribution in [-0.2, 0) is 23.4 Å². The lowest BCUT2D eigenvalue weighted by Crippen LogP contribution is -2.40. The van der Waals surface area contributed by atoms with Crippen molar-refractivity contribution < 1.29 is 37.4 Å². The molecular formula is C22H28FN6O7P. The summed E-state index contributed by atoms with van der Waals surface area (Å²) in [5.74, 6) is -0.398. The zero-order valence-corrected chi connectivity index (χ0v) is 21.2. The molecule has 1 aliphatic heterocycles. The molecule has 2 aromatic heterocycles. The van der Waals surface area contributed by atoms with Crippen molar-refractivity contribution in [2.24, 2.45) is 0 Å². The van der Waals surface area contributed by atoms with Crippen molar-refractivity contribution in [3.63, 3.8) is 0 Å². The van der Waals surface area contributed by atoms with Crippen LogP contribution in [0.15, 0.2) is 42.9 Å². The Hall–Kier alpha value is -3.16. The van der Waals surface area contributed by atoms with Crippen molar-refractivity contribution in [3.8, 4) is 5.75 Å². The topological polar surface area (TPSA) is 172 Å². The highest BCUT2D eigenvalue weighted by molar-refractivity contribution is 7.52. The van der Waals surface area contributed by atoms with E-state index >= 15 is 4.39 Å². The van der Waals surface area contributed by atoms with Gasteiger partial charge >= 0.3 is 13.7 Å². The van der Waals surface area contributed by atoms with Gasteiger partial charge in [-0.15, -0.1) is 0 Å². The summed E-state index contributed by atoms with van der Waals surface area (Å²) in [6.45, 7) is 3.80. The molecule has 0 aliphatic carbocycles. The van der Waals surface area contributed by atoms with Gasteiger partial charge in [0.1, 0.15) is 36.4 Å². The first kappa shape index (κ1) is 26.9. The number of aliphatic hydroxyl groups is 1. The fraction of sp³-hybridized carbons (Fsp3) is 0.455. The maximum absolute atomic E-state index is 15.8. The number of rotatable bonds is 10. The van der Waals surface area contributed by atoms with Crippen molar-refractivity contribution in [2.45, 2.75) is 50.8 Å². The third-order valence-electron chi connectivity index (χ3n) is 5.75. The molecule has 0 amide bonds. The maximum atomic E-state index is 15.8. The number of esters is 1. The molecule has 0 radical (unpaired) electrons. The second-order valence-corrected chi connectivity index (χ2v) is 10.2. The first-order chi connectivity index (χ1) is 17.6. The van der Waals surface area contributed by atoms with Gasteiger partial charge in [-0.25, -0.2) is 23.4 Å². The second kappa shape index (κ2) is 10.7. The summed E-state index contributed by atoms with van der Waals surface area (Å²) in [6, 6.07) is 7.07. The Balaban J connectivity index is 1.54. The van der Waals surface area contributed by atoms with E-state index in [1.807, 2.05) is 0 Å². The standard InChI is InChI=1S/C22H28FN6O7P/c1-4-33-21(31)13(2)28-37(32,36-14-8-6-5-7-9-14)34-11-16-17(30)22(3,23)18(35-16)15-10-25-20-19(24)26-12-27-29(15)20/h5-10,12-13,16-18,30H,4,11H2,1-3H3,(H,28,32)(H2,24,26,27)/t13-,16+,17+,18-,22+,37?/m0/s1. The number of carbonyl (C=O) groups excluding carboxylic acids is 1. The number of aliphatic hydroxyl groups excluding tert-OH is 1. The van der Waals surface area contributed by atoms with Crippen molar-refractivity contribution in [1.29, 1.82) is 0 Å². The van der Waals surface area contributed by atoms with E-state index in [0.29, 0.717) is 0 Å². The predicted octanol–water partition coefficient (Wildman–Crippen LogP) is 1.98. The van der Waals surface area contributed by atoms with Crippen LogP contribution >= 0.6 is 7.75 Å². The van der Waals surface area contributed by atoms with Crippen LogP contribution in [0.3, 0.4) is 0 Å². The second-order valence-electron chi connectivity index (χ2n) is 8.51. The smallest absolute Gasteiger partial charge is 0.459 e. The van der Waals surface area contributed by atoms with Gasteiger partial charge < -0.3 is 24.8 Å². The summed E-state index contributed by atoms with van der Waals surface area (Å²) >= 11 is 0. The number of ether oxygens (including phenoxy) is 2. The first-order valence-electron chi connectivity index (χ1n) is 11.5. The molecule has 3 aromatic rings. The number of nitrogens with one attached hydrogen (secondary N) is 1. The number of imidazole rings is 1. The molecule has 1 unspecified atom stereocenters. The van der Waals surface area contributed by atoms with E-state index in [2.05, 4.69) is 20.2 Å². The van der Waals surface area contributed by atoms with Crippen LogP contribution in [0, 0.1) is 0 Å². The summed E-state index contributed by atoms with van der Waals surface area (Å²) in [4.78, 5) is 20.1. The van der Waals surface area contributed by atoms with E-state index in [1.165, 1.54) is 24.0 Å². The molecule has 4 N–H and O–H groups in total. The van der Waals surface area contributed by atoms with Crippen LogP contribution < -0.4 is 15.3 Å². The number of fused-ring (bicyclic) bond motifs is 1. The molecule has 0 saturated carbocycles. The summed E-state index contributed by atoms with van der Waals surface area (Å²) in [5, 5.41) is 17.3. The molecule has 0 bridgehead atoms. The van der Waals surface area contributed by atoms with E-state index in [0.717, 1.165) is 6.92 Å². The van der Waals surface area contributed by atoms with E-state index in [9.17, 15) is 14.5 Å². The van der Waals surface area contributed by atoms with Crippen LogP contribution in [0.1, 0.15) is 32.6 Å². The van der Waals surface area contributed by atoms with Crippen molar-refractivity contribution in [1.82, 2.24) is 24.7 Å². The Morgan fingerprint density at radius 2 is 2.11 bits per heavy atom. The van der Waals surface area contributed by atoms with Gasteiger partial charge in [-0.3, -0.25) is 9.32 Å². The Kier molecular flexibility index (Phi) is 7.76. The molecule has 1 fully saturated rings. The van der Waals surface area contributed by atoms with Crippen LogP contribution in [-0.4, -0.2) is 67.8 Å². The first-order valence-corrected chi connectivity index (χ1v) is 13.0. The van der Waals surface area contributed by atoms with Gasteiger partial charge in [0.05, 0.1) is 25.1 Å². The Morgan fingerprint density at radius 1 is 1.38 bits per heavy atom. The number of hydrogen-bond acceptors (Lipinski definition) is 11. The zero-order valence-electron chi connectivity index (χ0n) is 20.4. The summed E-state index contributed by atoms with van der Waals surface area (Å²) in [5.41, 5.74) is 3.89. The lowest BCUT2D eigenvalue weighted by Gasteiger charge is -2.25. The number of aromatic nitrogens is 4. The number of alkyl halides is 1. The monoisotopic (exact) mass is 538 g/mol. The number of hydrogen-bond donors (Lipinski definition) is 3. The molecule has 13 nitrogen and oxygen atoms in total. The SMILES string of the molecule is CCOC(=O)[C@H](C)NP(=O)(OC[C@H]1O[C@@H](c2cnc3c(N)ncnn23)[C@](C)(F)[C@@H]1O)Oc1ccccc1. The fourth-order valence-electron chi connectivity index (χ4n) is 3.86. The number of benzene rings is 1. The molecule has 15 heteroatoms. The van der Waals surface area contributed by atoms with Gasteiger partial charge in [-0.2, -0.15) is 10.2 Å². The summed E-state index contributed by atoms with van der Waals surface area (Å²) < 4.78 is 52.5. The highest BCUT2D eigenvalue weighted by Gasteiger charge is 2.56. The van der Waals surface area contributed by atoms with E-state index in [1.54, 1.807) is 37.3 Å². The number of anilines is 1. The summed E-state index contributed by atoms with van der Waals surface area (Å²) in [6.07, 6.45) is -1.76. The number of carbonyl (C=O) groups is 1. The molecular weight excluding hydrogens is 510 g/mol. The Bertz CT molecular complexity index is 1290. The molecule has 3 heterocycles. The lowest BCUT2D eigenvalue weighted by molar-refractivity contribution is -0.144. The minimum Gasteiger partial charge on any atom is -0.465 e. The van der Waals surface area contributed by atoms with Gasteiger partial charge in [0, 0.05) is 0 Å². The number of nitrogens with zero attached hydrogens (tertiary/aromatic N) is 4. The summed E-state index contributed by atoms with van der Waals surface area (Å²) in [7, 11) is -4.24. The zero-order chi connectivity index (χ0) is 26.8. The highest BCUT2D eigenvalue weighted by atomic mass is 31.2. The number of nitrogens with two attached hydrogens (primary N) is 1. The molecule has 37 heavy (non-hydrogen) atoms. The predicted molar refractivity (Wildman–Crippen MR) is 128 cm³/mol. The van der Waals surface area contributed by atoms with Crippen molar-refractivity contribution in [2.75, 3.05) is 18.9 Å². The van der Waals surface area contributed by atoms with E-state index in [-0.39, 0.29) is 29.5 Å². The highest BCUT2D eigenvalue weighted by Crippen LogP contribution is 2.48. The lowest BCUT2D eigenvalue weighted by atomic mass is 9.93. The molecule has 200 valence electrons. The van der Waals surface area contributed by atoms with Gasteiger partial charge in [-0.1, -0.05) is 18.2 Å². The normalized spacial score (nSPS) is 26.0. The average molecular weight is 538 g/mol. The van der Waals surface area contributed by atoms with E-state index < -0.39 is 50.3 Å². The average Bonchev–Trinajstić information content (AvgIpc) is 3.38. The van der Waals surface area contributed by atoms with Gasteiger partial charge in [0.15, 0.2) is 17.1 Å². The molecule has 6 atom stereocenters. The van der Waals surface area contributed by atoms with Gasteiger partial charge in [-0.05, 0) is 32.9 Å².